The number of sulfonamides is 1. The van der Waals surface area contributed by atoms with Crippen molar-refractivity contribution in [2.24, 2.45) is 0 Å². The molecule has 7 heteroatoms. The van der Waals surface area contributed by atoms with Gasteiger partial charge in [0.1, 0.15) is 4.90 Å². The van der Waals surface area contributed by atoms with E-state index in [1.165, 1.54) is 12.1 Å². The summed E-state index contributed by atoms with van der Waals surface area (Å²) >= 11 is 0. The molecule has 0 bridgehead atoms. The molecule has 1 aliphatic rings. The summed E-state index contributed by atoms with van der Waals surface area (Å²) < 4.78 is 24.2. The molecule has 1 aromatic rings. The molecule has 4 nitrogen and oxygen atoms in total. The molecule has 0 unspecified atom stereocenters. The van der Waals surface area contributed by atoms with Gasteiger partial charge in [-0.15, -0.1) is 0 Å². The summed E-state index contributed by atoms with van der Waals surface area (Å²) in [7, 11) is -3.55. The Balaban J connectivity index is 0.000000845. The zero-order valence-electron chi connectivity index (χ0n) is 7.44. The first-order valence-electron chi connectivity index (χ1n) is 3.27. The van der Waals surface area contributed by atoms with Crippen LogP contribution in [0.5, 0.6) is 0 Å². The molecule has 0 saturated carbocycles. The molecule has 0 aromatic heterocycles. The van der Waals surface area contributed by atoms with Crippen molar-refractivity contribution in [2.45, 2.75) is 4.90 Å². The van der Waals surface area contributed by atoms with Crippen molar-refractivity contribution in [2.75, 3.05) is 0 Å². The monoisotopic (exact) mass is 326 g/mol. The fourth-order valence-electron chi connectivity index (χ4n) is 1.12. The van der Waals surface area contributed by atoms with Gasteiger partial charge in [-0.1, -0.05) is 12.1 Å². The second kappa shape index (κ2) is 4.98. The number of hydrogen-bond acceptors (Lipinski definition) is 3. The van der Waals surface area contributed by atoms with Crippen LogP contribution in [0, 0.1) is 0 Å². The van der Waals surface area contributed by atoms with E-state index in [0.717, 1.165) is 0 Å². The number of benzene rings is 1. The van der Waals surface area contributed by atoms with E-state index in [-0.39, 0.29) is 63.9 Å². The fourth-order valence-corrected chi connectivity index (χ4v) is 2.29. The predicted molar refractivity (Wildman–Crippen MR) is 52.6 cm³/mol. The maximum Gasteiger partial charge on any atom is 0.266 e. The number of nitrogens with one attached hydrogen (secondary N) is 1. The van der Waals surface area contributed by atoms with Gasteiger partial charge in [0.25, 0.3) is 15.9 Å². The summed E-state index contributed by atoms with van der Waals surface area (Å²) in [6, 6.07) is 6.09. The van der Waals surface area contributed by atoms with Crippen LogP contribution in [0.15, 0.2) is 29.2 Å². The Bertz CT molecular complexity index is 460. The Morgan fingerprint density at radius 1 is 1.14 bits per heavy atom. The first kappa shape index (κ1) is 14.4. The van der Waals surface area contributed by atoms with Crippen molar-refractivity contribution in [3.8, 4) is 0 Å². The smallest absolute Gasteiger partial charge is 0.266 e. The van der Waals surface area contributed by atoms with E-state index in [1.807, 2.05) is 4.72 Å². The minimum Gasteiger partial charge on any atom is -0.268 e. The Morgan fingerprint density at radius 3 is 2.29 bits per heavy atom. The molecule has 1 N–H and O–H groups in total. The zero-order chi connectivity index (χ0) is 8.77. The number of carbonyl (C=O) groups excluding carboxylic acids is 1. The van der Waals surface area contributed by atoms with Crippen LogP contribution >= 0.6 is 0 Å². The fraction of sp³-hybridized carbons (Fsp3) is 0. The van der Waals surface area contributed by atoms with E-state index in [9.17, 15) is 13.2 Å². The third-order valence-electron chi connectivity index (χ3n) is 1.65. The van der Waals surface area contributed by atoms with Gasteiger partial charge in [0.15, 0.2) is 0 Å². The van der Waals surface area contributed by atoms with Crippen LogP contribution in [0.25, 0.3) is 0 Å². The van der Waals surface area contributed by atoms with Gasteiger partial charge in [0.05, 0.1) is 5.56 Å². The number of carbonyl (C=O) groups is 1. The van der Waals surface area contributed by atoms with Gasteiger partial charge in [0.2, 0.25) is 0 Å². The van der Waals surface area contributed by atoms with Crippen LogP contribution in [-0.2, 0) is 10.0 Å². The van der Waals surface area contributed by atoms with Crippen molar-refractivity contribution >= 4 is 69.4 Å². The average Bonchev–Trinajstić information content (AvgIpc) is 2.25. The summed E-state index contributed by atoms with van der Waals surface area (Å²) in [5.74, 6) is -0.550. The number of hydrogen-bond donors (Lipinski definition) is 1. The van der Waals surface area contributed by atoms with Crippen molar-refractivity contribution in [1.29, 1.82) is 0 Å². The van der Waals surface area contributed by atoms with E-state index < -0.39 is 15.9 Å². The number of fused-ring (bicyclic) bond motifs is 1. The molecule has 0 fully saturated rings. The molecule has 0 spiro atoms. The molecule has 0 atom stereocenters. The van der Waals surface area contributed by atoms with Crippen LogP contribution in [0.4, 0.5) is 0 Å². The third kappa shape index (κ3) is 2.33. The van der Waals surface area contributed by atoms with Crippen molar-refractivity contribution in [1.82, 2.24) is 4.72 Å². The second-order valence-electron chi connectivity index (χ2n) is 2.43. The van der Waals surface area contributed by atoms with Gasteiger partial charge in [-0.05, 0) is 12.1 Å². The van der Waals surface area contributed by atoms with Gasteiger partial charge in [-0.3, -0.25) is 4.79 Å². The van der Waals surface area contributed by atoms with E-state index in [2.05, 4.69) is 0 Å². The summed E-state index contributed by atoms with van der Waals surface area (Å²) in [6.45, 7) is 0. The van der Waals surface area contributed by atoms with Crippen LogP contribution in [0.2, 0.25) is 0 Å². The first-order valence-corrected chi connectivity index (χ1v) is 4.76. The molecule has 0 aliphatic carbocycles. The molecular weight excluding hydrogens is 320 g/mol. The van der Waals surface area contributed by atoms with Crippen LogP contribution in [0.1, 0.15) is 10.4 Å². The quantitative estimate of drug-likeness (QED) is 0.646. The number of rotatable bonds is 0. The maximum absolute atomic E-state index is 11.1. The van der Waals surface area contributed by atoms with Crippen LogP contribution in [-0.4, -0.2) is 67.8 Å². The molecular formula is C7H5NNaO3SSn. The van der Waals surface area contributed by atoms with Gasteiger partial charge in [-0.2, -0.15) is 0 Å². The Labute approximate surface area is 121 Å². The molecule has 1 aromatic carbocycles. The zero-order valence-corrected chi connectivity index (χ0v) is 13.1. The molecule has 67 valence electrons. The SMILES string of the molecule is O=C1NS(=O)(=O)c2ccccc21.[Na].[Sn]. The Kier molecular flexibility index (Phi) is 5.13. The maximum atomic E-state index is 11.1. The van der Waals surface area contributed by atoms with E-state index in [0.29, 0.717) is 0 Å². The summed E-state index contributed by atoms with van der Waals surface area (Å²) in [5, 5.41) is 0. The van der Waals surface area contributed by atoms with Crippen molar-refractivity contribution in [3.63, 3.8) is 0 Å². The van der Waals surface area contributed by atoms with E-state index in [1.54, 1.807) is 12.1 Å². The molecule has 14 heavy (non-hydrogen) atoms. The second-order valence-corrected chi connectivity index (χ2v) is 4.08. The van der Waals surface area contributed by atoms with Gasteiger partial charge in [-0.25, -0.2) is 13.1 Å². The largest absolute Gasteiger partial charge is 0.268 e. The predicted octanol–water partition coefficient (Wildman–Crippen LogP) is -0.643. The molecule has 2 rings (SSSR count). The third-order valence-corrected chi connectivity index (χ3v) is 3.04. The molecule has 1 heterocycles. The van der Waals surface area contributed by atoms with Gasteiger partial charge >= 0.3 is 0 Å². The van der Waals surface area contributed by atoms with Crippen LogP contribution < -0.4 is 4.72 Å². The standard InChI is InChI=1S/C7H5NO3S.Na.Sn/c9-7-5-3-1-2-4-6(5)12(10,11)8-7;;/h1-4H,(H,8,9);;. The Hall–Kier alpha value is 0.439. The van der Waals surface area contributed by atoms with Gasteiger partial charge < -0.3 is 0 Å². The van der Waals surface area contributed by atoms with E-state index in [4.69, 9.17) is 0 Å². The molecule has 1 amide bonds. The minimum atomic E-state index is -3.55. The molecule has 1 aliphatic heterocycles. The Morgan fingerprint density at radius 2 is 1.71 bits per heavy atom. The summed E-state index contributed by atoms with van der Waals surface area (Å²) in [4.78, 5) is 11.1. The van der Waals surface area contributed by atoms with Crippen LogP contribution in [0.3, 0.4) is 0 Å². The van der Waals surface area contributed by atoms with E-state index >= 15 is 0 Å². The summed E-state index contributed by atoms with van der Waals surface area (Å²) in [5.41, 5.74) is 0.220. The first-order chi connectivity index (χ1) is 5.61. The minimum absolute atomic E-state index is 0. The molecule has 0 saturated heterocycles. The summed E-state index contributed by atoms with van der Waals surface area (Å²) in [6.07, 6.45) is 0. The average molecular weight is 325 g/mol. The van der Waals surface area contributed by atoms with Crippen molar-refractivity contribution in [3.05, 3.63) is 29.8 Å². The number of amides is 1. The van der Waals surface area contributed by atoms with Crippen molar-refractivity contribution < 1.29 is 13.2 Å². The molecule has 5 radical (unpaired) electrons. The van der Waals surface area contributed by atoms with Gasteiger partial charge in [0, 0.05) is 53.5 Å². The normalized spacial score (nSPS) is 15.9. The topological polar surface area (TPSA) is 63.2 Å².